The lowest BCUT2D eigenvalue weighted by molar-refractivity contribution is -0.157. The van der Waals surface area contributed by atoms with Crippen LogP contribution < -0.4 is 5.56 Å². The summed E-state index contributed by atoms with van der Waals surface area (Å²) < 4.78 is 11.9. The lowest BCUT2D eigenvalue weighted by Crippen LogP contribution is -2.49. The predicted octanol–water partition coefficient (Wildman–Crippen LogP) is 1.25. The minimum atomic E-state index is -0.648. The van der Waals surface area contributed by atoms with Crippen LogP contribution in [0.2, 0.25) is 0 Å². The molecule has 8 nitrogen and oxygen atoms in total. The standard InChI is InChI=1S/C18H23N3O5S/c1-10-5-20(6-11(2)26-10)14(22)8-25-15(23)7-21-9-19-17-16(18(21)24)12(3)13(4)27-17/h9-11H,5-8H2,1-4H3/t10-,11-/m0/s1. The smallest absolute Gasteiger partial charge is 0.326 e. The van der Waals surface area contributed by atoms with Crippen LogP contribution in [0.1, 0.15) is 24.3 Å². The Morgan fingerprint density at radius 2 is 1.96 bits per heavy atom. The van der Waals surface area contributed by atoms with Crippen molar-refractivity contribution in [3.63, 3.8) is 0 Å². The van der Waals surface area contributed by atoms with Gasteiger partial charge in [0.1, 0.15) is 11.4 Å². The van der Waals surface area contributed by atoms with Crippen LogP contribution in [0.15, 0.2) is 11.1 Å². The molecule has 146 valence electrons. The fourth-order valence-corrected chi connectivity index (χ4v) is 4.17. The van der Waals surface area contributed by atoms with E-state index in [0.717, 1.165) is 10.4 Å². The number of carbonyl (C=O) groups is 2. The minimum absolute atomic E-state index is 0.0536. The molecule has 0 aliphatic carbocycles. The van der Waals surface area contributed by atoms with Gasteiger partial charge in [0.25, 0.3) is 11.5 Å². The topological polar surface area (TPSA) is 90.7 Å². The van der Waals surface area contributed by atoms with Gasteiger partial charge in [-0.1, -0.05) is 0 Å². The van der Waals surface area contributed by atoms with Crippen molar-refractivity contribution in [3.05, 3.63) is 27.1 Å². The number of thiophene rings is 1. The van der Waals surface area contributed by atoms with Crippen molar-refractivity contribution in [2.24, 2.45) is 0 Å². The fraction of sp³-hybridized carbons (Fsp3) is 0.556. The Kier molecular flexibility index (Phi) is 5.61. The van der Waals surface area contributed by atoms with Gasteiger partial charge in [0, 0.05) is 18.0 Å². The van der Waals surface area contributed by atoms with Gasteiger partial charge in [0.05, 0.1) is 23.9 Å². The molecule has 0 N–H and O–H groups in total. The van der Waals surface area contributed by atoms with Crippen molar-refractivity contribution >= 4 is 33.4 Å². The molecular formula is C18H23N3O5S. The molecule has 0 bridgehead atoms. The van der Waals surface area contributed by atoms with Crippen molar-refractivity contribution in [1.82, 2.24) is 14.5 Å². The van der Waals surface area contributed by atoms with E-state index in [4.69, 9.17) is 9.47 Å². The summed E-state index contributed by atoms with van der Waals surface area (Å²) in [4.78, 5) is 44.5. The van der Waals surface area contributed by atoms with E-state index < -0.39 is 5.97 Å². The van der Waals surface area contributed by atoms with Crippen molar-refractivity contribution in [2.75, 3.05) is 19.7 Å². The Morgan fingerprint density at radius 3 is 2.63 bits per heavy atom. The highest BCUT2D eigenvalue weighted by atomic mass is 32.1. The monoisotopic (exact) mass is 393 g/mol. The number of amides is 1. The predicted molar refractivity (Wildman–Crippen MR) is 101 cm³/mol. The first-order chi connectivity index (χ1) is 12.8. The second-order valence-corrected chi connectivity index (χ2v) is 8.06. The van der Waals surface area contributed by atoms with E-state index in [2.05, 4.69) is 4.98 Å². The number of carbonyl (C=O) groups excluding carboxylic acids is 2. The van der Waals surface area contributed by atoms with E-state index >= 15 is 0 Å². The van der Waals surface area contributed by atoms with Crippen LogP contribution in [0.3, 0.4) is 0 Å². The molecule has 1 aliphatic rings. The summed E-state index contributed by atoms with van der Waals surface area (Å²) in [6.45, 7) is 7.90. The average molecular weight is 393 g/mol. The van der Waals surface area contributed by atoms with Gasteiger partial charge < -0.3 is 14.4 Å². The minimum Gasteiger partial charge on any atom is -0.454 e. The number of rotatable bonds is 4. The molecule has 27 heavy (non-hydrogen) atoms. The Balaban J connectivity index is 1.62. The van der Waals surface area contributed by atoms with Crippen molar-refractivity contribution in [3.8, 4) is 0 Å². The van der Waals surface area contributed by atoms with Crippen molar-refractivity contribution in [1.29, 1.82) is 0 Å². The molecule has 2 aromatic rings. The number of esters is 1. The number of morpholine rings is 1. The second kappa shape index (κ2) is 7.77. The highest BCUT2D eigenvalue weighted by Crippen LogP contribution is 2.25. The summed E-state index contributed by atoms with van der Waals surface area (Å²) in [5.41, 5.74) is 0.599. The number of aromatic nitrogens is 2. The maximum atomic E-state index is 12.6. The van der Waals surface area contributed by atoms with E-state index in [-0.39, 0.29) is 36.8 Å². The van der Waals surface area contributed by atoms with Gasteiger partial charge in [-0.15, -0.1) is 11.3 Å². The molecule has 3 rings (SSSR count). The van der Waals surface area contributed by atoms with Crippen LogP contribution in [0.25, 0.3) is 10.2 Å². The molecule has 9 heteroatoms. The quantitative estimate of drug-likeness (QED) is 0.726. The molecule has 0 radical (unpaired) electrons. The van der Waals surface area contributed by atoms with E-state index in [1.807, 2.05) is 27.7 Å². The molecule has 1 aliphatic heterocycles. The number of hydrogen-bond acceptors (Lipinski definition) is 7. The van der Waals surface area contributed by atoms with Gasteiger partial charge in [-0.25, -0.2) is 4.98 Å². The molecule has 2 aromatic heterocycles. The summed E-state index contributed by atoms with van der Waals surface area (Å²) in [5.74, 6) is -0.916. The van der Waals surface area contributed by atoms with E-state index in [1.54, 1.807) is 4.90 Å². The van der Waals surface area contributed by atoms with Crippen LogP contribution in [0, 0.1) is 13.8 Å². The zero-order valence-electron chi connectivity index (χ0n) is 15.9. The van der Waals surface area contributed by atoms with E-state index in [1.165, 1.54) is 22.2 Å². The number of ether oxygens (including phenoxy) is 2. The molecule has 1 saturated heterocycles. The molecule has 0 unspecified atom stereocenters. The van der Waals surface area contributed by atoms with Gasteiger partial charge in [0.15, 0.2) is 6.61 Å². The van der Waals surface area contributed by atoms with Crippen LogP contribution in [-0.2, 0) is 25.6 Å². The lowest BCUT2D eigenvalue weighted by atomic mass is 10.2. The summed E-state index contributed by atoms with van der Waals surface area (Å²) in [7, 11) is 0. The maximum absolute atomic E-state index is 12.6. The van der Waals surface area contributed by atoms with Crippen LogP contribution in [-0.4, -0.2) is 58.2 Å². The van der Waals surface area contributed by atoms with Crippen LogP contribution in [0.4, 0.5) is 0 Å². The Labute approximate surface area is 160 Å². The number of nitrogens with zero attached hydrogens (tertiary/aromatic N) is 3. The average Bonchev–Trinajstić information content (AvgIpc) is 2.89. The Morgan fingerprint density at radius 1 is 1.30 bits per heavy atom. The maximum Gasteiger partial charge on any atom is 0.326 e. The first-order valence-corrected chi connectivity index (χ1v) is 9.62. The van der Waals surface area contributed by atoms with Crippen molar-refractivity contribution in [2.45, 2.75) is 46.4 Å². The molecule has 0 spiro atoms. The highest BCUT2D eigenvalue weighted by molar-refractivity contribution is 7.18. The fourth-order valence-electron chi connectivity index (χ4n) is 3.18. The number of aryl methyl sites for hydroxylation is 2. The zero-order chi connectivity index (χ0) is 19.7. The molecule has 0 saturated carbocycles. The molecular weight excluding hydrogens is 370 g/mol. The normalized spacial score (nSPS) is 20.1. The summed E-state index contributed by atoms with van der Waals surface area (Å²) in [5, 5.41) is 0.528. The van der Waals surface area contributed by atoms with E-state index in [9.17, 15) is 14.4 Å². The Bertz CT molecular complexity index is 925. The molecule has 1 fully saturated rings. The SMILES string of the molecule is Cc1sc2ncn(CC(=O)OCC(=O)N3C[C@H](C)O[C@@H](C)C3)c(=O)c2c1C. The molecule has 2 atom stereocenters. The first-order valence-electron chi connectivity index (χ1n) is 8.80. The highest BCUT2D eigenvalue weighted by Gasteiger charge is 2.26. The zero-order valence-corrected chi connectivity index (χ0v) is 16.7. The van der Waals surface area contributed by atoms with Gasteiger partial charge in [-0.3, -0.25) is 19.0 Å². The Hall–Kier alpha value is -2.26. The molecule has 3 heterocycles. The number of fused-ring (bicyclic) bond motifs is 1. The van der Waals surface area contributed by atoms with Gasteiger partial charge in [-0.05, 0) is 33.3 Å². The first kappa shape index (κ1) is 19.5. The third kappa shape index (κ3) is 4.19. The lowest BCUT2D eigenvalue weighted by Gasteiger charge is -2.35. The van der Waals surface area contributed by atoms with Crippen LogP contribution >= 0.6 is 11.3 Å². The number of hydrogen-bond donors (Lipinski definition) is 0. The summed E-state index contributed by atoms with van der Waals surface area (Å²) in [6, 6.07) is 0. The third-order valence-electron chi connectivity index (χ3n) is 4.58. The van der Waals surface area contributed by atoms with E-state index in [0.29, 0.717) is 23.3 Å². The van der Waals surface area contributed by atoms with Crippen LogP contribution in [0.5, 0.6) is 0 Å². The van der Waals surface area contributed by atoms with Crippen molar-refractivity contribution < 1.29 is 19.1 Å². The molecule has 0 aromatic carbocycles. The van der Waals surface area contributed by atoms with Gasteiger partial charge >= 0.3 is 5.97 Å². The third-order valence-corrected chi connectivity index (χ3v) is 5.70. The van der Waals surface area contributed by atoms with Gasteiger partial charge in [0.2, 0.25) is 0 Å². The summed E-state index contributed by atoms with van der Waals surface area (Å²) in [6.07, 6.45) is 1.23. The second-order valence-electron chi connectivity index (χ2n) is 6.86. The largest absolute Gasteiger partial charge is 0.454 e. The summed E-state index contributed by atoms with van der Waals surface area (Å²) >= 11 is 1.45. The molecule has 1 amide bonds. The van der Waals surface area contributed by atoms with Gasteiger partial charge in [-0.2, -0.15) is 0 Å².